The van der Waals surface area contributed by atoms with Crippen molar-refractivity contribution in [3.8, 4) is 11.8 Å². The highest BCUT2D eigenvalue weighted by Gasteiger charge is 2.25. The first-order valence-corrected chi connectivity index (χ1v) is 6.05. The lowest BCUT2D eigenvalue weighted by molar-refractivity contribution is 0.0890. The predicted molar refractivity (Wildman–Crippen MR) is 64.3 cm³/mol. The fourth-order valence-electron chi connectivity index (χ4n) is 2.10. The minimum absolute atomic E-state index is 0.140. The summed E-state index contributed by atoms with van der Waals surface area (Å²) in [6.07, 6.45) is -0.540. The van der Waals surface area contributed by atoms with Crippen LogP contribution in [0.25, 0.3) is 0 Å². The van der Waals surface area contributed by atoms with Gasteiger partial charge in [0.05, 0.1) is 0 Å². The molecule has 1 fully saturated rings. The quantitative estimate of drug-likeness (QED) is 0.903. The van der Waals surface area contributed by atoms with Crippen molar-refractivity contribution >= 4 is 6.09 Å². The average Bonchev–Trinajstić information content (AvgIpc) is 2.39. The highest BCUT2D eigenvalue weighted by atomic mass is 19.1. The van der Waals surface area contributed by atoms with E-state index in [-0.39, 0.29) is 17.4 Å². The van der Waals surface area contributed by atoms with E-state index in [2.05, 4.69) is 0 Å². The molecule has 1 aromatic carbocycles. The summed E-state index contributed by atoms with van der Waals surface area (Å²) in [7, 11) is 0. The summed E-state index contributed by atoms with van der Waals surface area (Å²) in [5, 5.41) is 17.7. The van der Waals surface area contributed by atoms with Gasteiger partial charge in [0.2, 0.25) is 0 Å². The number of amides is 1. The zero-order valence-corrected chi connectivity index (χ0v) is 10.5. The van der Waals surface area contributed by atoms with Crippen LogP contribution in [0.4, 0.5) is 13.6 Å². The van der Waals surface area contributed by atoms with E-state index >= 15 is 0 Å². The van der Waals surface area contributed by atoms with Crippen LogP contribution >= 0.6 is 0 Å². The van der Waals surface area contributed by atoms with Gasteiger partial charge in [-0.3, -0.25) is 0 Å². The number of halogens is 2. The van der Waals surface area contributed by atoms with Crippen molar-refractivity contribution in [1.82, 2.24) is 4.90 Å². The maximum absolute atomic E-state index is 13.4. The normalized spacial score (nSPS) is 15.8. The third-order valence-corrected chi connectivity index (χ3v) is 3.14. The highest BCUT2D eigenvalue weighted by Crippen LogP contribution is 2.26. The molecule has 1 saturated heterocycles. The Morgan fingerprint density at radius 1 is 1.40 bits per heavy atom. The third-order valence-electron chi connectivity index (χ3n) is 3.14. The monoisotopic (exact) mass is 282 g/mol. The number of nitrogens with zero attached hydrogens (tertiary/aromatic N) is 2. The Kier molecular flexibility index (Phi) is 4.03. The van der Waals surface area contributed by atoms with Crippen molar-refractivity contribution in [2.24, 2.45) is 0 Å². The molecule has 0 spiro atoms. The van der Waals surface area contributed by atoms with Gasteiger partial charge in [0.1, 0.15) is 35.1 Å². The van der Waals surface area contributed by atoms with Crippen molar-refractivity contribution in [1.29, 1.82) is 5.26 Å². The van der Waals surface area contributed by atoms with Crippen molar-refractivity contribution in [2.75, 3.05) is 13.1 Å². The molecule has 0 aromatic heterocycles. The molecule has 0 atom stereocenters. The van der Waals surface area contributed by atoms with Crippen LogP contribution in [0.15, 0.2) is 12.1 Å². The second-order valence-electron chi connectivity index (χ2n) is 4.46. The molecule has 1 N–H and O–H groups in total. The molecule has 0 bridgehead atoms. The number of ether oxygens (including phenoxy) is 1. The highest BCUT2D eigenvalue weighted by molar-refractivity contribution is 5.65. The van der Waals surface area contributed by atoms with Crippen LogP contribution in [0.5, 0.6) is 5.75 Å². The van der Waals surface area contributed by atoms with E-state index in [0.29, 0.717) is 32.0 Å². The zero-order valence-electron chi connectivity index (χ0n) is 10.5. The van der Waals surface area contributed by atoms with E-state index < -0.39 is 17.7 Å². The Morgan fingerprint density at radius 3 is 2.60 bits per heavy atom. The van der Waals surface area contributed by atoms with Gasteiger partial charge in [0.15, 0.2) is 0 Å². The van der Waals surface area contributed by atoms with E-state index in [9.17, 15) is 13.6 Å². The van der Waals surface area contributed by atoms with Gasteiger partial charge in [-0.1, -0.05) is 0 Å². The largest absolute Gasteiger partial charge is 0.489 e. The van der Waals surface area contributed by atoms with Crippen molar-refractivity contribution in [3.63, 3.8) is 0 Å². The molecule has 0 aliphatic carbocycles. The van der Waals surface area contributed by atoms with E-state index in [1.807, 2.05) is 0 Å². The molecule has 7 heteroatoms. The van der Waals surface area contributed by atoms with Gasteiger partial charge in [-0.15, -0.1) is 0 Å². The summed E-state index contributed by atoms with van der Waals surface area (Å²) in [4.78, 5) is 12.0. The van der Waals surface area contributed by atoms with Crippen LogP contribution in [-0.2, 0) is 0 Å². The molecule has 1 amide bonds. The van der Waals surface area contributed by atoms with E-state index in [1.165, 1.54) is 4.90 Å². The van der Waals surface area contributed by atoms with E-state index in [4.69, 9.17) is 15.1 Å². The van der Waals surface area contributed by atoms with Crippen molar-refractivity contribution in [3.05, 3.63) is 29.3 Å². The fourth-order valence-corrected chi connectivity index (χ4v) is 2.10. The van der Waals surface area contributed by atoms with Gasteiger partial charge in [-0.25, -0.2) is 13.6 Å². The van der Waals surface area contributed by atoms with Gasteiger partial charge >= 0.3 is 6.09 Å². The second kappa shape index (κ2) is 5.74. The van der Waals surface area contributed by atoms with Crippen LogP contribution in [0, 0.1) is 23.0 Å². The number of rotatable bonds is 2. The van der Waals surface area contributed by atoms with Gasteiger partial charge < -0.3 is 14.7 Å². The fraction of sp³-hybridized carbons (Fsp3) is 0.385. The maximum atomic E-state index is 13.4. The first kappa shape index (κ1) is 14.1. The third kappa shape index (κ3) is 2.96. The molecule has 5 nitrogen and oxygen atoms in total. The summed E-state index contributed by atoms with van der Waals surface area (Å²) < 4.78 is 32.0. The van der Waals surface area contributed by atoms with Crippen molar-refractivity contribution in [2.45, 2.75) is 18.9 Å². The number of piperidine rings is 1. The molecule has 1 aliphatic heterocycles. The molecule has 0 unspecified atom stereocenters. The Morgan fingerprint density at radius 2 is 2.05 bits per heavy atom. The Labute approximate surface area is 114 Å². The molecule has 106 valence electrons. The maximum Gasteiger partial charge on any atom is 0.407 e. The minimum Gasteiger partial charge on any atom is -0.489 e. The molecular weight excluding hydrogens is 270 g/mol. The lowest BCUT2D eigenvalue weighted by Crippen LogP contribution is -2.41. The van der Waals surface area contributed by atoms with Crippen LogP contribution in [0.1, 0.15) is 18.4 Å². The lowest BCUT2D eigenvalue weighted by Gasteiger charge is -2.30. The first-order valence-electron chi connectivity index (χ1n) is 6.05. The lowest BCUT2D eigenvalue weighted by atomic mass is 10.1. The van der Waals surface area contributed by atoms with Gasteiger partial charge in [0, 0.05) is 38.1 Å². The zero-order chi connectivity index (χ0) is 14.7. The molecule has 0 saturated carbocycles. The number of carbonyl (C=O) groups is 1. The number of hydrogen-bond acceptors (Lipinski definition) is 3. The van der Waals surface area contributed by atoms with Gasteiger partial charge in [-0.2, -0.15) is 5.26 Å². The van der Waals surface area contributed by atoms with Gasteiger partial charge in [0.25, 0.3) is 0 Å². The summed E-state index contributed by atoms with van der Waals surface area (Å²) in [6.45, 7) is 0.583. The Hall–Kier alpha value is -2.36. The van der Waals surface area contributed by atoms with Crippen LogP contribution < -0.4 is 4.74 Å². The molecule has 1 heterocycles. The summed E-state index contributed by atoms with van der Waals surface area (Å²) in [5.74, 6) is -1.93. The second-order valence-corrected chi connectivity index (χ2v) is 4.46. The van der Waals surface area contributed by atoms with Crippen molar-refractivity contribution < 1.29 is 23.4 Å². The van der Waals surface area contributed by atoms with Crippen LogP contribution in [-0.4, -0.2) is 35.3 Å². The Balaban J connectivity index is 2.09. The summed E-state index contributed by atoms with van der Waals surface area (Å²) >= 11 is 0. The number of hydrogen-bond donors (Lipinski definition) is 1. The van der Waals surface area contributed by atoms with Gasteiger partial charge in [-0.05, 0) is 0 Å². The summed E-state index contributed by atoms with van der Waals surface area (Å²) in [5.41, 5.74) is -0.341. The number of nitriles is 1. The van der Waals surface area contributed by atoms with Crippen LogP contribution in [0.3, 0.4) is 0 Å². The molecule has 0 radical (unpaired) electrons. The molecule has 20 heavy (non-hydrogen) atoms. The van der Waals surface area contributed by atoms with E-state index in [0.717, 1.165) is 6.07 Å². The average molecular weight is 282 g/mol. The number of benzene rings is 1. The SMILES string of the molecule is N#Cc1c(F)cc(F)cc1OC1CCN(C(=O)O)CC1. The topological polar surface area (TPSA) is 73.6 Å². The van der Waals surface area contributed by atoms with E-state index in [1.54, 1.807) is 6.07 Å². The molecule has 1 aromatic rings. The summed E-state index contributed by atoms with van der Waals surface area (Å²) in [6, 6.07) is 3.22. The number of likely N-dealkylation sites (tertiary alicyclic amines) is 1. The first-order chi connectivity index (χ1) is 9.51. The Bertz CT molecular complexity index is 563. The van der Waals surface area contributed by atoms with Crippen LogP contribution in [0.2, 0.25) is 0 Å². The number of carboxylic acid groups (broad SMARTS) is 1. The molecule has 1 aliphatic rings. The standard InChI is InChI=1S/C13H12F2N2O3/c14-8-5-11(15)10(7-16)12(6-8)20-9-1-3-17(4-2-9)13(18)19/h5-6,9H,1-4H2,(H,18,19). The smallest absolute Gasteiger partial charge is 0.407 e. The molecular formula is C13H12F2N2O3. The molecule has 2 rings (SSSR count). The minimum atomic E-state index is -1.00. The predicted octanol–water partition coefficient (Wildman–Crippen LogP) is 2.36.